The molecule has 5 aliphatic carbocycles. The summed E-state index contributed by atoms with van der Waals surface area (Å²) in [5.74, 6) is 4.62. The molecule has 6 rings (SSSR count). The molecule has 0 bridgehead atoms. The predicted molar refractivity (Wildman–Crippen MR) is 97.0 cm³/mol. The third kappa shape index (κ3) is 1.71. The summed E-state index contributed by atoms with van der Waals surface area (Å²) in [4.78, 5) is 24.0. The molecule has 0 saturated heterocycles. The van der Waals surface area contributed by atoms with Crippen LogP contribution in [0.1, 0.15) is 58.3 Å². The van der Waals surface area contributed by atoms with Gasteiger partial charge < -0.3 is 4.74 Å². The van der Waals surface area contributed by atoms with Gasteiger partial charge in [0.05, 0.1) is 0 Å². The van der Waals surface area contributed by atoms with E-state index < -0.39 is 0 Å². The average Bonchev–Trinajstić information content (AvgIpc) is 3.27. The quantitative estimate of drug-likeness (QED) is 0.664. The lowest BCUT2D eigenvalue weighted by Crippen LogP contribution is -2.54. The highest BCUT2D eigenvalue weighted by atomic mass is 16.6. The molecule has 8 atom stereocenters. The molecule has 26 heavy (non-hydrogen) atoms. The summed E-state index contributed by atoms with van der Waals surface area (Å²) in [5, 5.41) is 0. The van der Waals surface area contributed by atoms with E-state index in [4.69, 9.17) is 4.74 Å². The van der Waals surface area contributed by atoms with Crippen LogP contribution in [0.25, 0.3) is 0 Å². The maximum Gasteiger partial charge on any atom is 0.331 e. The molecule has 1 heterocycles. The standard InChI is InChI=1S/C23H28O3/c1-2-22-8-5-15-14-4-3-13(24)11-16(14)17-12-18(17)21(15)19(22)6-9-23(22)10-7-20(25)26-23/h7,10-11,14-15,17-19,21H,2-6,8-9,12H2,1H3/t14-,15?,17+,18+,19?,21?,22+,23-/m1/s1. The first kappa shape index (κ1) is 15.7. The molecule has 3 heteroatoms. The SMILES string of the molecule is CC[C@]12CCC3C(C1CC[C@@]21C=CC(=O)O1)[C@H]1C[C@H]1C1=CC(=O)CC[C@@H]13. The highest BCUT2D eigenvalue weighted by molar-refractivity contribution is 5.91. The second kappa shape index (κ2) is 4.91. The van der Waals surface area contributed by atoms with E-state index in [0.717, 1.165) is 43.4 Å². The largest absolute Gasteiger partial charge is 0.451 e. The van der Waals surface area contributed by atoms with E-state index in [9.17, 15) is 9.59 Å². The first-order valence-electron chi connectivity index (χ1n) is 10.7. The first-order valence-corrected chi connectivity index (χ1v) is 10.7. The summed E-state index contributed by atoms with van der Waals surface area (Å²) in [6.45, 7) is 2.32. The van der Waals surface area contributed by atoms with E-state index in [1.54, 1.807) is 6.08 Å². The molecule has 4 fully saturated rings. The number of hydrogen-bond donors (Lipinski definition) is 0. The lowest BCUT2D eigenvalue weighted by atomic mass is 9.49. The third-order valence-corrected chi connectivity index (χ3v) is 9.40. The topological polar surface area (TPSA) is 43.4 Å². The maximum absolute atomic E-state index is 12.0. The van der Waals surface area contributed by atoms with Crippen LogP contribution in [0.4, 0.5) is 0 Å². The fraction of sp³-hybridized carbons (Fsp3) is 0.739. The normalized spacial score (nSPS) is 53.5. The molecular weight excluding hydrogens is 324 g/mol. The van der Waals surface area contributed by atoms with Gasteiger partial charge in [-0.15, -0.1) is 0 Å². The van der Waals surface area contributed by atoms with Crippen molar-refractivity contribution in [3.8, 4) is 0 Å². The van der Waals surface area contributed by atoms with Crippen LogP contribution >= 0.6 is 0 Å². The Hall–Kier alpha value is -1.38. The van der Waals surface area contributed by atoms with Crippen molar-refractivity contribution < 1.29 is 14.3 Å². The zero-order valence-corrected chi connectivity index (χ0v) is 15.6. The van der Waals surface area contributed by atoms with E-state index in [0.29, 0.717) is 23.5 Å². The molecule has 6 aliphatic rings. The fourth-order valence-corrected chi connectivity index (χ4v) is 8.45. The molecule has 0 radical (unpaired) electrons. The molecule has 0 aromatic rings. The molecule has 1 aliphatic heterocycles. The summed E-state index contributed by atoms with van der Waals surface area (Å²) >= 11 is 0. The zero-order chi connectivity index (χ0) is 17.7. The molecule has 4 saturated carbocycles. The average molecular weight is 352 g/mol. The minimum atomic E-state index is -0.322. The van der Waals surface area contributed by atoms with Crippen molar-refractivity contribution in [3.05, 3.63) is 23.8 Å². The van der Waals surface area contributed by atoms with Crippen molar-refractivity contribution >= 4 is 11.8 Å². The van der Waals surface area contributed by atoms with Gasteiger partial charge in [-0.1, -0.05) is 12.5 Å². The van der Waals surface area contributed by atoms with Crippen LogP contribution in [-0.2, 0) is 14.3 Å². The van der Waals surface area contributed by atoms with E-state index in [2.05, 4.69) is 13.0 Å². The number of hydrogen-bond acceptors (Lipinski definition) is 3. The molecule has 3 nitrogen and oxygen atoms in total. The van der Waals surface area contributed by atoms with Gasteiger partial charge in [-0.05, 0) is 92.6 Å². The molecule has 0 amide bonds. The van der Waals surface area contributed by atoms with Crippen molar-refractivity contribution in [2.75, 3.05) is 0 Å². The molecule has 3 unspecified atom stereocenters. The van der Waals surface area contributed by atoms with Gasteiger partial charge >= 0.3 is 5.97 Å². The number of carbonyl (C=O) groups is 2. The Labute approximate surface area is 155 Å². The molecule has 1 spiro atoms. The maximum atomic E-state index is 12.0. The minimum Gasteiger partial charge on any atom is -0.451 e. The molecule has 0 aromatic heterocycles. The monoisotopic (exact) mass is 352 g/mol. The number of ether oxygens (including phenoxy) is 1. The number of rotatable bonds is 1. The smallest absolute Gasteiger partial charge is 0.331 e. The lowest BCUT2D eigenvalue weighted by molar-refractivity contribution is -0.165. The summed E-state index contributed by atoms with van der Waals surface area (Å²) in [7, 11) is 0. The van der Waals surface area contributed by atoms with Crippen LogP contribution in [-0.4, -0.2) is 17.4 Å². The van der Waals surface area contributed by atoms with Gasteiger partial charge in [0.2, 0.25) is 0 Å². The van der Waals surface area contributed by atoms with Gasteiger partial charge in [-0.2, -0.15) is 0 Å². The van der Waals surface area contributed by atoms with E-state index in [-0.39, 0.29) is 17.0 Å². The van der Waals surface area contributed by atoms with E-state index in [1.807, 2.05) is 6.08 Å². The van der Waals surface area contributed by atoms with Gasteiger partial charge in [0.15, 0.2) is 5.78 Å². The second-order valence-electron chi connectivity index (χ2n) is 9.84. The molecular formula is C23H28O3. The summed E-state index contributed by atoms with van der Waals surface area (Å²) in [5.41, 5.74) is 1.35. The molecule has 0 N–H and O–H groups in total. The van der Waals surface area contributed by atoms with Crippen LogP contribution < -0.4 is 0 Å². The lowest BCUT2D eigenvalue weighted by Gasteiger charge is -2.56. The number of ketones is 1. The van der Waals surface area contributed by atoms with Crippen molar-refractivity contribution in [1.82, 2.24) is 0 Å². The summed E-state index contributed by atoms with van der Waals surface area (Å²) in [6.07, 6.45) is 14.7. The van der Waals surface area contributed by atoms with Crippen molar-refractivity contribution in [2.24, 2.45) is 40.9 Å². The van der Waals surface area contributed by atoms with E-state index in [1.165, 1.54) is 31.3 Å². The molecule has 0 aromatic carbocycles. The fourth-order valence-electron chi connectivity index (χ4n) is 8.45. The summed E-state index contributed by atoms with van der Waals surface area (Å²) in [6, 6.07) is 0. The Morgan fingerprint density at radius 2 is 2.00 bits per heavy atom. The third-order valence-electron chi connectivity index (χ3n) is 9.40. The minimum absolute atomic E-state index is 0.135. The van der Waals surface area contributed by atoms with Crippen LogP contribution in [0, 0.1) is 40.9 Å². The van der Waals surface area contributed by atoms with Crippen molar-refractivity contribution in [1.29, 1.82) is 0 Å². The summed E-state index contributed by atoms with van der Waals surface area (Å²) < 4.78 is 6.02. The Bertz CT molecular complexity index is 763. The Morgan fingerprint density at radius 1 is 1.12 bits per heavy atom. The highest BCUT2D eigenvalue weighted by Gasteiger charge is 2.70. The van der Waals surface area contributed by atoms with Gasteiger partial charge in [-0.3, -0.25) is 4.79 Å². The van der Waals surface area contributed by atoms with E-state index >= 15 is 0 Å². The van der Waals surface area contributed by atoms with Gasteiger partial charge in [0.1, 0.15) is 5.60 Å². The number of allylic oxidation sites excluding steroid dienone is 1. The van der Waals surface area contributed by atoms with Crippen LogP contribution in [0.2, 0.25) is 0 Å². The number of fused-ring (bicyclic) bond motifs is 9. The van der Waals surface area contributed by atoms with Crippen molar-refractivity contribution in [2.45, 2.75) is 63.9 Å². The Balaban J connectivity index is 1.40. The van der Waals surface area contributed by atoms with Gasteiger partial charge in [0, 0.05) is 17.9 Å². The van der Waals surface area contributed by atoms with Gasteiger partial charge in [0.25, 0.3) is 0 Å². The molecule has 138 valence electrons. The first-order chi connectivity index (χ1) is 12.6. The Morgan fingerprint density at radius 3 is 2.77 bits per heavy atom. The van der Waals surface area contributed by atoms with Gasteiger partial charge in [-0.25, -0.2) is 4.79 Å². The van der Waals surface area contributed by atoms with Crippen LogP contribution in [0.5, 0.6) is 0 Å². The Kier molecular flexibility index (Phi) is 2.96. The predicted octanol–water partition coefficient (Wildman–Crippen LogP) is 4.23. The van der Waals surface area contributed by atoms with Crippen LogP contribution in [0.15, 0.2) is 23.8 Å². The second-order valence-corrected chi connectivity index (χ2v) is 9.84. The van der Waals surface area contributed by atoms with Crippen molar-refractivity contribution in [3.63, 3.8) is 0 Å². The number of carbonyl (C=O) groups excluding carboxylic acids is 2. The van der Waals surface area contributed by atoms with Crippen LogP contribution in [0.3, 0.4) is 0 Å². The number of esters is 1. The zero-order valence-electron chi connectivity index (χ0n) is 15.6. The highest BCUT2D eigenvalue weighted by Crippen LogP contribution is 2.73.